The van der Waals surface area contributed by atoms with Crippen molar-refractivity contribution in [2.45, 2.75) is 46.2 Å². The number of aryl methyl sites for hydroxylation is 2. The van der Waals surface area contributed by atoms with E-state index < -0.39 is 0 Å². The standard InChI is InChI=1S/C14H24BrN3O/c1-3-12-14(15)13(18(4-2)16-12)9-17-7-5-11(10-19)6-8-17/h11,19H,3-10H2,1-2H3. The van der Waals surface area contributed by atoms with E-state index >= 15 is 0 Å². The van der Waals surface area contributed by atoms with Crippen molar-refractivity contribution in [3.05, 3.63) is 15.9 Å². The summed E-state index contributed by atoms with van der Waals surface area (Å²) >= 11 is 3.71. The van der Waals surface area contributed by atoms with Gasteiger partial charge in [0.1, 0.15) is 0 Å². The molecule has 0 atom stereocenters. The number of halogens is 1. The third kappa shape index (κ3) is 3.38. The third-order valence-corrected chi connectivity index (χ3v) is 4.95. The minimum atomic E-state index is 0.338. The van der Waals surface area contributed by atoms with Crippen LogP contribution in [0.5, 0.6) is 0 Å². The number of nitrogens with zero attached hydrogens (tertiary/aromatic N) is 3. The Morgan fingerprint density at radius 3 is 2.53 bits per heavy atom. The van der Waals surface area contributed by atoms with Gasteiger partial charge in [0.15, 0.2) is 0 Å². The molecule has 4 nitrogen and oxygen atoms in total. The van der Waals surface area contributed by atoms with Crippen LogP contribution in [-0.2, 0) is 19.5 Å². The van der Waals surface area contributed by atoms with Crippen LogP contribution in [0.3, 0.4) is 0 Å². The highest BCUT2D eigenvalue weighted by atomic mass is 79.9. The van der Waals surface area contributed by atoms with Crippen LogP contribution in [0.4, 0.5) is 0 Å². The van der Waals surface area contributed by atoms with Crippen LogP contribution in [0.25, 0.3) is 0 Å². The molecule has 5 heteroatoms. The second kappa shape index (κ2) is 6.86. The number of hydrogen-bond donors (Lipinski definition) is 1. The summed E-state index contributed by atoms with van der Waals surface area (Å²) < 4.78 is 3.29. The number of aliphatic hydroxyl groups excluding tert-OH is 1. The van der Waals surface area contributed by atoms with E-state index in [2.05, 4.69) is 44.5 Å². The Balaban J connectivity index is 2.05. The van der Waals surface area contributed by atoms with Gasteiger partial charge in [-0.2, -0.15) is 5.10 Å². The topological polar surface area (TPSA) is 41.3 Å². The summed E-state index contributed by atoms with van der Waals surface area (Å²) in [7, 11) is 0. The molecule has 1 aliphatic rings. The van der Waals surface area contributed by atoms with Gasteiger partial charge in [-0.25, -0.2) is 0 Å². The molecule has 0 aliphatic carbocycles. The van der Waals surface area contributed by atoms with Crippen molar-refractivity contribution in [3.8, 4) is 0 Å². The quantitative estimate of drug-likeness (QED) is 0.902. The average Bonchev–Trinajstić information content (AvgIpc) is 2.76. The Labute approximate surface area is 123 Å². The summed E-state index contributed by atoms with van der Waals surface area (Å²) in [6.07, 6.45) is 3.18. The van der Waals surface area contributed by atoms with E-state index in [9.17, 15) is 5.11 Å². The van der Waals surface area contributed by atoms with E-state index in [1.54, 1.807) is 0 Å². The lowest BCUT2D eigenvalue weighted by atomic mass is 9.98. The molecular weight excluding hydrogens is 306 g/mol. The van der Waals surface area contributed by atoms with Crippen molar-refractivity contribution in [3.63, 3.8) is 0 Å². The van der Waals surface area contributed by atoms with Crippen LogP contribution in [0, 0.1) is 5.92 Å². The average molecular weight is 330 g/mol. The van der Waals surface area contributed by atoms with Gasteiger partial charge in [-0.15, -0.1) is 0 Å². The third-order valence-electron chi connectivity index (χ3n) is 4.03. The van der Waals surface area contributed by atoms with E-state index in [4.69, 9.17) is 0 Å². The first kappa shape index (κ1) is 15.0. The molecule has 2 heterocycles. The first-order valence-electron chi connectivity index (χ1n) is 7.26. The SMILES string of the molecule is CCc1nn(CC)c(CN2CCC(CO)CC2)c1Br. The lowest BCUT2D eigenvalue weighted by Crippen LogP contribution is -2.35. The zero-order valence-corrected chi connectivity index (χ0v) is 13.5. The summed E-state index contributed by atoms with van der Waals surface area (Å²) in [5.41, 5.74) is 2.45. The highest BCUT2D eigenvalue weighted by Crippen LogP contribution is 2.25. The summed E-state index contributed by atoms with van der Waals surface area (Å²) in [6, 6.07) is 0. The van der Waals surface area contributed by atoms with Crippen molar-refractivity contribution in [1.29, 1.82) is 0 Å². The zero-order valence-electron chi connectivity index (χ0n) is 11.9. The molecule has 0 bridgehead atoms. The lowest BCUT2D eigenvalue weighted by molar-refractivity contribution is 0.125. The molecule has 108 valence electrons. The molecule has 0 saturated carbocycles. The predicted molar refractivity (Wildman–Crippen MR) is 80.1 cm³/mol. The molecule has 0 spiro atoms. The van der Waals surface area contributed by atoms with E-state index in [0.29, 0.717) is 12.5 Å². The van der Waals surface area contributed by atoms with E-state index in [1.165, 1.54) is 10.2 Å². The molecule has 1 aliphatic heterocycles. The van der Waals surface area contributed by atoms with Gasteiger partial charge in [0.25, 0.3) is 0 Å². The number of aromatic nitrogens is 2. The Morgan fingerprint density at radius 2 is 2.00 bits per heavy atom. The molecule has 1 aromatic rings. The van der Waals surface area contributed by atoms with Crippen molar-refractivity contribution in [1.82, 2.24) is 14.7 Å². The smallest absolute Gasteiger partial charge is 0.0767 e. The maximum Gasteiger partial charge on any atom is 0.0767 e. The molecule has 1 saturated heterocycles. The summed E-state index contributed by atoms with van der Waals surface area (Å²) in [6.45, 7) is 8.65. The second-order valence-electron chi connectivity index (χ2n) is 5.28. The minimum absolute atomic E-state index is 0.338. The van der Waals surface area contributed by atoms with Gasteiger partial charge in [0.05, 0.1) is 15.9 Å². The highest BCUT2D eigenvalue weighted by molar-refractivity contribution is 9.10. The number of hydrogen-bond acceptors (Lipinski definition) is 3. The van der Waals surface area contributed by atoms with Gasteiger partial charge < -0.3 is 5.11 Å². The maximum absolute atomic E-state index is 9.19. The fraction of sp³-hybridized carbons (Fsp3) is 0.786. The van der Waals surface area contributed by atoms with Gasteiger partial charge in [0, 0.05) is 19.7 Å². The van der Waals surface area contributed by atoms with Crippen molar-refractivity contribution in [2.75, 3.05) is 19.7 Å². The van der Waals surface area contributed by atoms with Crippen LogP contribution in [-0.4, -0.2) is 39.5 Å². The fourth-order valence-electron chi connectivity index (χ4n) is 2.71. The number of rotatable bonds is 5. The summed E-state index contributed by atoms with van der Waals surface area (Å²) in [4.78, 5) is 2.47. The van der Waals surface area contributed by atoms with Gasteiger partial charge in [-0.1, -0.05) is 6.92 Å². The van der Waals surface area contributed by atoms with Crippen molar-refractivity contribution < 1.29 is 5.11 Å². The second-order valence-corrected chi connectivity index (χ2v) is 6.07. The van der Waals surface area contributed by atoms with E-state index in [-0.39, 0.29) is 0 Å². The van der Waals surface area contributed by atoms with Gasteiger partial charge in [0.2, 0.25) is 0 Å². The van der Waals surface area contributed by atoms with Gasteiger partial charge >= 0.3 is 0 Å². The molecule has 0 amide bonds. The Bertz CT molecular complexity index is 411. The monoisotopic (exact) mass is 329 g/mol. The molecule has 0 aromatic carbocycles. The molecule has 0 unspecified atom stereocenters. The summed E-state index contributed by atoms with van der Waals surface area (Å²) in [5, 5.41) is 13.8. The maximum atomic E-state index is 9.19. The molecule has 19 heavy (non-hydrogen) atoms. The Kier molecular flexibility index (Phi) is 5.42. The van der Waals surface area contributed by atoms with Crippen LogP contribution in [0.1, 0.15) is 38.1 Å². The minimum Gasteiger partial charge on any atom is -0.396 e. The van der Waals surface area contributed by atoms with Crippen LogP contribution >= 0.6 is 15.9 Å². The Hall–Kier alpha value is -0.390. The molecule has 1 aromatic heterocycles. The number of piperidine rings is 1. The van der Waals surface area contributed by atoms with Crippen LogP contribution in [0.15, 0.2) is 4.47 Å². The number of aliphatic hydroxyl groups is 1. The van der Waals surface area contributed by atoms with Crippen LogP contribution in [0.2, 0.25) is 0 Å². The molecular formula is C14H24BrN3O. The first-order chi connectivity index (χ1) is 9.19. The van der Waals surface area contributed by atoms with Gasteiger partial charge in [-0.05, 0) is 61.1 Å². The largest absolute Gasteiger partial charge is 0.396 e. The molecule has 1 N–H and O–H groups in total. The number of likely N-dealkylation sites (tertiary alicyclic amines) is 1. The fourth-order valence-corrected chi connectivity index (χ4v) is 3.40. The highest BCUT2D eigenvalue weighted by Gasteiger charge is 2.21. The summed E-state index contributed by atoms with van der Waals surface area (Å²) in [5.74, 6) is 0.502. The van der Waals surface area contributed by atoms with Gasteiger partial charge in [-0.3, -0.25) is 9.58 Å². The molecule has 0 radical (unpaired) electrons. The molecule has 2 rings (SSSR count). The zero-order chi connectivity index (χ0) is 13.8. The normalized spacial score (nSPS) is 18.1. The van der Waals surface area contributed by atoms with Crippen molar-refractivity contribution in [2.24, 2.45) is 5.92 Å². The Morgan fingerprint density at radius 1 is 1.32 bits per heavy atom. The van der Waals surface area contributed by atoms with Crippen molar-refractivity contribution >= 4 is 15.9 Å². The van der Waals surface area contributed by atoms with E-state index in [1.807, 2.05) is 0 Å². The lowest BCUT2D eigenvalue weighted by Gasteiger charge is -2.31. The predicted octanol–water partition coefficient (Wildman–Crippen LogP) is 2.43. The van der Waals surface area contributed by atoms with Crippen LogP contribution < -0.4 is 0 Å². The molecule has 1 fully saturated rings. The first-order valence-corrected chi connectivity index (χ1v) is 8.06. The van der Waals surface area contributed by atoms with E-state index in [0.717, 1.165) is 51.1 Å².